The summed E-state index contributed by atoms with van der Waals surface area (Å²) in [6.45, 7) is 3.58. The molecular weight excluding hydrogens is 362 g/mol. The molecule has 1 heterocycles. The third-order valence-electron chi connectivity index (χ3n) is 4.87. The van der Waals surface area contributed by atoms with Crippen LogP contribution in [-0.2, 0) is 6.54 Å². The Morgan fingerprint density at radius 1 is 1.03 bits per heavy atom. The average Bonchev–Trinajstić information content (AvgIpc) is 3.16. The number of nitrogens with zero attached hydrogens (tertiary/aromatic N) is 2. The summed E-state index contributed by atoms with van der Waals surface area (Å²) in [6, 6.07) is 21.8. The number of ether oxygens (including phenoxy) is 1. The van der Waals surface area contributed by atoms with Crippen LogP contribution in [0.1, 0.15) is 21.7 Å². The van der Waals surface area contributed by atoms with Crippen molar-refractivity contribution in [1.29, 1.82) is 0 Å². The standard InChI is InChI=1S/C24H23N3O2/c1-18-25-12-14-27(18)17-19-6-8-21(9-7-19)24(28)26-13-15-29-23-11-10-20-4-2-3-5-22(20)16-23/h2-12,14,16H,13,15,17H2,1H3,(H,26,28). The molecular formula is C24H23N3O2. The number of fused-ring (bicyclic) bond motifs is 1. The molecule has 1 aromatic heterocycles. The monoisotopic (exact) mass is 385 g/mol. The predicted molar refractivity (Wildman–Crippen MR) is 114 cm³/mol. The zero-order chi connectivity index (χ0) is 20.1. The molecule has 0 aliphatic carbocycles. The number of rotatable bonds is 7. The van der Waals surface area contributed by atoms with Crippen molar-refractivity contribution in [2.75, 3.05) is 13.2 Å². The van der Waals surface area contributed by atoms with E-state index in [1.807, 2.05) is 67.7 Å². The first-order valence-electron chi connectivity index (χ1n) is 9.65. The average molecular weight is 385 g/mol. The molecule has 3 aromatic carbocycles. The highest BCUT2D eigenvalue weighted by molar-refractivity contribution is 5.94. The molecule has 5 nitrogen and oxygen atoms in total. The normalized spacial score (nSPS) is 10.8. The van der Waals surface area contributed by atoms with Gasteiger partial charge in [-0.25, -0.2) is 4.98 Å². The Morgan fingerprint density at radius 3 is 2.59 bits per heavy atom. The first-order chi connectivity index (χ1) is 14.2. The maximum absolute atomic E-state index is 12.3. The van der Waals surface area contributed by atoms with Crippen LogP contribution in [0.5, 0.6) is 5.75 Å². The van der Waals surface area contributed by atoms with Crippen LogP contribution in [0, 0.1) is 6.92 Å². The van der Waals surface area contributed by atoms with Gasteiger partial charge < -0.3 is 14.6 Å². The van der Waals surface area contributed by atoms with E-state index in [0.29, 0.717) is 18.7 Å². The van der Waals surface area contributed by atoms with Crippen molar-refractivity contribution < 1.29 is 9.53 Å². The number of benzene rings is 3. The molecule has 29 heavy (non-hydrogen) atoms. The fraction of sp³-hybridized carbons (Fsp3) is 0.167. The lowest BCUT2D eigenvalue weighted by Crippen LogP contribution is -2.28. The number of carbonyl (C=O) groups excluding carboxylic acids is 1. The highest BCUT2D eigenvalue weighted by Crippen LogP contribution is 2.20. The molecule has 0 radical (unpaired) electrons. The van der Waals surface area contributed by atoms with Crippen molar-refractivity contribution in [3.8, 4) is 5.75 Å². The van der Waals surface area contributed by atoms with Gasteiger partial charge in [0.05, 0.1) is 6.54 Å². The minimum Gasteiger partial charge on any atom is -0.492 e. The largest absolute Gasteiger partial charge is 0.492 e. The summed E-state index contributed by atoms with van der Waals surface area (Å²) in [7, 11) is 0. The third-order valence-corrected chi connectivity index (χ3v) is 4.87. The summed E-state index contributed by atoms with van der Waals surface area (Å²) in [5.41, 5.74) is 1.77. The van der Waals surface area contributed by atoms with Gasteiger partial charge >= 0.3 is 0 Å². The summed E-state index contributed by atoms with van der Waals surface area (Å²) in [5, 5.41) is 5.22. The lowest BCUT2D eigenvalue weighted by molar-refractivity contribution is 0.0947. The Kier molecular flexibility index (Phi) is 5.56. The van der Waals surface area contributed by atoms with Crippen LogP contribution < -0.4 is 10.1 Å². The van der Waals surface area contributed by atoms with Gasteiger partial charge in [0, 0.05) is 24.5 Å². The second-order valence-corrected chi connectivity index (χ2v) is 6.91. The van der Waals surface area contributed by atoms with Crippen LogP contribution in [0.15, 0.2) is 79.1 Å². The van der Waals surface area contributed by atoms with Crippen LogP contribution in [-0.4, -0.2) is 28.6 Å². The van der Waals surface area contributed by atoms with Gasteiger partial charge in [-0.15, -0.1) is 0 Å². The number of carbonyl (C=O) groups is 1. The molecule has 0 bridgehead atoms. The van der Waals surface area contributed by atoms with Crippen molar-refractivity contribution in [2.24, 2.45) is 0 Å². The first kappa shape index (κ1) is 18.7. The molecule has 1 amide bonds. The minimum absolute atomic E-state index is 0.0996. The molecule has 0 saturated heterocycles. The van der Waals surface area contributed by atoms with Crippen molar-refractivity contribution in [1.82, 2.24) is 14.9 Å². The summed E-state index contributed by atoms with van der Waals surface area (Å²) in [5.74, 6) is 1.67. The molecule has 0 atom stereocenters. The molecule has 0 aliphatic rings. The van der Waals surface area contributed by atoms with Crippen LogP contribution in [0.2, 0.25) is 0 Å². The fourth-order valence-electron chi connectivity index (χ4n) is 3.22. The quantitative estimate of drug-likeness (QED) is 0.485. The van der Waals surface area contributed by atoms with E-state index in [-0.39, 0.29) is 5.91 Å². The Balaban J connectivity index is 1.26. The molecule has 5 heteroatoms. The number of aryl methyl sites for hydroxylation is 1. The SMILES string of the molecule is Cc1nccn1Cc1ccc(C(=O)NCCOc2ccc3ccccc3c2)cc1. The molecule has 146 valence electrons. The van der Waals surface area contributed by atoms with Gasteiger partial charge in [0.2, 0.25) is 0 Å². The van der Waals surface area contributed by atoms with Crippen LogP contribution >= 0.6 is 0 Å². The number of nitrogens with one attached hydrogen (secondary N) is 1. The van der Waals surface area contributed by atoms with E-state index in [1.165, 1.54) is 5.39 Å². The van der Waals surface area contributed by atoms with E-state index in [9.17, 15) is 4.79 Å². The van der Waals surface area contributed by atoms with Gasteiger partial charge in [0.1, 0.15) is 18.2 Å². The van der Waals surface area contributed by atoms with Crippen molar-refractivity contribution >= 4 is 16.7 Å². The Labute approximate surface area is 170 Å². The van der Waals surface area contributed by atoms with E-state index in [1.54, 1.807) is 6.20 Å². The molecule has 1 N–H and O–H groups in total. The molecule has 4 aromatic rings. The Morgan fingerprint density at radius 2 is 1.83 bits per heavy atom. The highest BCUT2D eigenvalue weighted by atomic mass is 16.5. The van der Waals surface area contributed by atoms with E-state index in [0.717, 1.165) is 29.1 Å². The Hall–Kier alpha value is -3.60. The summed E-state index contributed by atoms with van der Waals surface area (Å²) in [4.78, 5) is 16.6. The smallest absolute Gasteiger partial charge is 0.251 e. The lowest BCUT2D eigenvalue weighted by atomic mass is 10.1. The molecule has 0 saturated carbocycles. The van der Waals surface area contributed by atoms with Crippen molar-refractivity contribution in [3.63, 3.8) is 0 Å². The number of aromatic nitrogens is 2. The van der Waals surface area contributed by atoms with E-state index < -0.39 is 0 Å². The third kappa shape index (κ3) is 4.63. The minimum atomic E-state index is -0.0996. The van der Waals surface area contributed by atoms with Gasteiger partial charge in [-0.3, -0.25) is 4.79 Å². The summed E-state index contributed by atoms with van der Waals surface area (Å²) in [6.07, 6.45) is 3.74. The number of hydrogen-bond donors (Lipinski definition) is 1. The molecule has 0 spiro atoms. The van der Waals surface area contributed by atoms with Crippen LogP contribution in [0.25, 0.3) is 10.8 Å². The number of imidazole rings is 1. The van der Waals surface area contributed by atoms with Crippen LogP contribution in [0.4, 0.5) is 0 Å². The summed E-state index contributed by atoms with van der Waals surface area (Å²) < 4.78 is 7.83. The number of amides is 1. The second-order valence-electron chi connectivity index (χ2n) is 6.91. The maximum Gasteiger partial charge on any atom is 0.251 e. The maximum atomic E-state index is 12.3. The first-order valence-corrected chi connectivity index (χ1v) is 9.65. The van der Waals surface area contributed by atoms with Gasteiger partial charge in [-0.1, -0.05) is 42.5 Å². The number of hydrogen-bond acceptors (Lipinski definition) is 3. The zero-order valence-electron chi connectivity index (χ0n) is 16.3. The summed E-state index contributed by atoms with van der Waals surface area (Å²) >= 11 is 0. The van der Waals surface area contributed by atoms with E-state index >= 15 is 0 Å². The molecule has 4 rings (SSSR count). The van der Waals surface area contributed by atoms with Gasteiger partial charge in [0.25, 0.3) is 5.91 Å². The van der Waals surface area contributed by atoms with Gasteiger partial charge in [-0.05, 0) is 47.5 Å². The van der Waals surface area contributed by atoms with Gasteiger partial charge in [0.15, 0.2) is 0 Å². The zero-order valence-corrected chi connectivity index (χ0v) is 16.3. The fourth-order valence-corrected chi connectivity index (χ4v) is 3.22. The highest BCUT2D eigenvalue weighted by Gasteiger charge is 2.06. The van der Waals surface area contributed by atoms with Crippen LogP contribution in [0.3, 0.4) is 0 Å². The molecule has 0 aliphatic heterocycles. The second kappa shape index (κ2) is 8.61. The predicted octanol–water partition coefficient (Wildman–Crippen LogP) is 4.20. The van der Waals surface area contributed by atoms with E-state index in [2.05, 4.69) is 27.0 Å². The van der Waals surface area contributed by atoms with Crippen molar-refractivity contribution in [3.05, 3.63) is 96.1 Å². The Bertz CT molecular complexity index is 1120. The van der Waals surface area contributed by atoms with Crippen molar-refractivity contribution in [2.45, 2.75) is 13.5 Å². The lowest BCUT2D eigenvalue weighted by Gasteiger charge is -2.09. The molecule has 0 fully saturated rings. The van der Waals surface area contributed by atoms with E-state index in [4.69, 9.17) is 4.74 Å². The van der Waals surface area contributed by atoms with Gasteiger partial charge in [-0.2, -0.15) is 0 Å². The topological polar surface area (TPSA) is 56.2 Å². The molecule has 0 unspecified atom stereocenters.